The number of hydrogen-bond acceptors (Lipinski definition) is 5. The minimum absolute atomic E-state index is 0.368. The summed E-state index contributed by atoms with van der Waals surface area (Å²) >= 11 is 0. The molecule has 1 aliphatic rings. The summed E-state index contributed by atoms with van der Waals surface area (Å²) in [6.07, 6.45) is 0. The molecule has 0 aromatic heterocycles. The second kappa shape index (κ2) is 9.30. The number of benzene rings is 2. The zero-order valence-electron chi connectivity index (χ0n) is 19.2. The van der Waals surface area contributed by atoms with Crippen LogP contribution in [0.5, 0.6) is 5.75 Å². The molecule has 1 aliphatic heterocycles. The Hall–Kier alpha value is -3.55. The standard InChI is InChI=1S/C24H30N4O4/c1-6-27(7-2)19-11-9-18(10-12-19)25-21(29)15-28-22(30)24(4,26-23(28)31)17-8-13-20(32-5)16(3)14-17/h8-14H,6-7,15H2,1-5H3,(H,25,29)(H,26,31). The SMILES string of the molecule is CCN(CC)c1ccc(NC(=O)CN2C(=O)NC(C)(c3ccc(OC)c(C)c3)C2=O)cc1. The van der Waals surface area contributed by atoms with E-state index in [4.69, 9.17) is 4.74 Å². The highest BCUT2D eigenvalue weighted by Gasteiger charge is 2.49. The number of carbonyl (C=O) groups is 3. The van der Waals surface area contributed by atoms with Crippen molar-refractivity contribution in [1.82, 2.24) is 10.2 Å². The van der Waals surface area contributed by atoms with Gasteiger partial charge in [0.15, 0.2) is 0 Å². The molecule has 2 aromatic carbocycles. The maximum Gasteiger partial charge on any atom is 0.325 e. The van der Waals surface area contributed by atoms with Gasteiger partial charge < -0.3 is 20.3 Å². The second-order valence-corrected chi connectivity index (χ2v) is 7.90. The topological polar surface area (TPSA) is 91.0 Å². The Bertz CT molecular complexity index is 1020. The summed E-state index contributed by atoms with van der Waals surface area (Å²) in [4.78, 5) is 41.3. The van der Waals surface area contributed by atoms with Gasteiger partial charge in [-0.1, -0.05) is 6.07 Å². The Labute approximate surface area is 188 Å². The number of amides is 4. The van der Waals surface area contributed by atoms with Crippen LogP contribution >= 0.6 is 0 Å². The molecule has 170 valence electrons. The first kappa shape index (κ1) is 23.1. The Morgan fingerprint density at radius 1 is 1.12 bits per heavy atom. The van der Waals surface area contributed by atoms with Crippen molar-refractivity contribution < 1.29 is 19.1 Å². The molecule has 1 atom stereocenters. The molecule has 4 amide bonds. The number of ether oxygens (including phenoxy) is 1. The minimum atomic E-state index is -1.25. The van der Waals surface area contributed by atoms with Crippen LogP contribution in [-0.4, -0.2) is 49.5 Å². The Kier molecular flexibility index (Phi) is 6.72. The third-order valence-corrected chi connectivity index (χ3v) is 5.83. The first-order valence-corrected chi connectivity index (χ1v) is 10.7. The van der Waals surface area contributed by atoms with Crippen LogP contribution in [0.2, 0.25) is 0 Å². The lowest BCUT2D eigenvalue weighted by molar-refractivity contribution is -0.133. The van der Waals surface area contributed by atoms with E-state index in [0.29, 0.717) is 17.0 Å². The van der Waals surface area contributed by atoms with E-state index in [1.165, 1.54) is 0 Å². The molecule has 32 heavy (non-hydrogen) atoms. The zero-order valence-corrected chi connectivity index (χ0v) is 19.2. The summed E-state index contributed by atoms with van der Waals surface area (Å²) in [6.45, 7) is 9.08. The first-order chi connectivity index (χ1) is 15.2. The van der Waals surface area contributed by atoms with Gasteiger partial charge in [0.2, 0.25) is 5.91 Å². The van der Waals surface area contributed by atoms with Crippen molar-refractivity contribution in [2.45, 2.75) is 33.2 Å². The molecule has 0 spiro atoms. The number of anilines is 2. The van der Waals surface area contributed by atoms with Crippen molar-refractivity contribution in [2.24, 2.45) is 0 Å². The monoisotopic (exact) mass is 438 g/mol. The number of urea groups is 1. The lowest BCUT2D eigenvalue weighted by Crippen LogP contribution is -2.42. The van der Waals surface area contributed by atoms with Crippen LogP contribution in [0.4, 0.5) is 16.2 Å². The lowest BCUT2D eigenvalue weighted by Gasteiger charge is -2.23. The molecule has 3 rings (SSSR count). The molecule has 1 fully saturated rings. The number of methoxy groups -OCH3 is 1. The Balaban J connectivity index is 1.70. The van der Waals surface area contributed by atoms with E-state index in [1.807, 2.05) is 31.2 Å². The second-order valence-electron chi connectivity index (χ2n) is 7.90. The third-order valence-electron chi connectivity index (χ3n) is 5.83. The lowest BCUT2D eigenvalue weighted by atomic mass is 9.90. The number of aryl methyl sites for hydroxylation is 1. The Morgan fingerprint density at radius 2 is 1.78 bits per heavy atom. The zero-order chi connectivity index (χ0) is 23.5. The maximum atomic E-state index is 13.1. The van der Waals surface area contributed by atoms with Gasteiger partial charge in [-0.3, -0.25) is 14.5 Å². The van der Waals surface area contributed by atoms with Gasteiger partial charge in [-0.25, -0.2) is 4.79 Å². The molecule has 1 heterocycles. The summed E-state index contributed by atoms with van der Waals surface area (Å²) in [7, 11) is 1.57. The van der Waals surface area contributed by atoms with Crippen molar-refractivity contribution in [3.8, 4) is 5.75 Å². The van der Waals surface area contributed by atoms with Crippen molar-refractivity contribution in [3.63, 3.8) is 0 Å². The number of carbonyl (C=O) groups excluding carboxylic acids is 3. The highest BCUT2D eigenvalue weighted by Crippen LogP contribution is 2.31. The van der Waals surface area contributed by atoms with E-state index in [0.717, 1.165) is 29.2 Å². The van der Waals surface area contributed by atoms with Gasteiger partial charge in [0.05, 0.1) is 7.11 Å². The van der Waals surface area contributed by atoms with E-state index in [1.54, 1.807) is 32.2 Å². The van der Waals surface area contributed by atoms with Crippen molar-refractivity contribution in [2.75, 3.05) is 37.0 Å². The molecule has 1 unspecified atom stereocenters. The largest absolute Gasteiger partial charge is 0.496 e. The van der Waals surface area contributed by atoms with Gasteiger partial charge in [0, 0.05) is 24.5 Å². The van der Waals surface area contributed by atoms with E-state index < -0.39 is 23.4 Å². The maximum absolute atomic E-state index is 13.1. The molecule has 1 saturated heterocycles. The normalized spacial score (nSPS) is 17.8. The van der Waals surface area contributed by atoms with E-state index >= 15 is 0 Å². The van der Waals surface area contributed by atoms with Crippen LogP contribution in [0, 0.1) is 6.92 Å². The molecule has 0 saturated carbocycles. The number of rotatable bonds is 8. The molecule has 8 heteroatoms. The molecule has 0 bridgehead atoms. The Morgan fingerprint density at radius 3 is 2.34 bits per heavy atom. The van der Waals surface area contributed by atoms with Crippen molar-refractivity contribution >= 4 is 29.2 Å². The highest BCUT2D eigenvalue weighted by molar-refractivity contribution is 6.10. The van der Waals surface area contributed by atoms with Crippen LogP contribution < -0.4 is 20.3 Å². The predicted octanol–water partition coefficient (Wildman–Crippen LogP) is 3.26. The first-order valence-electron chi connectivity index (χ1n) is 10.7. The molecular weight excluding hydrogens is 408 g/mol. The van der Waals surface area contributed by atoms with Crippen LogP contribution in [0.3, 0.4) is 0 Å². The van der Waals surface area contributed by atoms with Gasteiger partial charge in [-0.15, -0.1) is 0 Å². The summed E-state index contributed by atoms with van der Waals surface area (Å²) in [5, 5.41) is 5.48. The quantitative estimate of drug-likeness (QED) is 0.618. The van der Waals surface area contributed by atoms with Gasteiger partial charge >= 0.3 is 6.03 Å². The number of nitrogens with one attached hydrogen (secondary N) is 2. The summed E-state index contributed by atoms with van der Waals surface area (Å²) in [5.41, 5.74) is 1.89. The molecular formula is C24H30N4O4. The average Bonchev–Trinajstić information content (AvgIpc) is 2.99. The van der Waals surface area contributed by atoms with Crippen molar-refractivity contribution in [1.29, 1.82) is 0 Å². The molecule has 0 radical (unpaired) electrons. The van der Waals surface area contributed by atoms with Gasteiger partial charge in [0.1, 0.15) is 17.8 Å². The van der Waals surface area contributed by atoms with Gasteiger partial charge in [-0.05, 0) is 75.2 Å². The number of imide groups is 1. The summed E-state index contributed by atoms with van der Waals surface area (Å²) in [5.74, 6) is -0.226. The van der Waals surface area contributed by atoms with E-state index in [-0.39, 0.29) is 6.54 Å². The molecule has 2 N–H and O–H groups in total. The van der Waals surface area contributed by atoms with Crippen LogP contribution in [0.25, 0.3) is 0 Å². The summed E-state index contributed by atoms with van der Waals surface area (Å²) < 4.78 is 5.27. The van der Waals surface area contributed by atoms with Crippen LogP contribution in [-0.2, 0) is 15.1 Å². The predicted molar refractivity (Wildman–Crippen MR) is 124 cm³/mol. The van der Waals surface area contributed by atoms with Crippen LogP contribution in [0.1, 0.15) is 31.9 Å². The smallest absolute Gasteiger partial charge is 0.325 e. The fourth-order valence-corrected chi connectivity index (χ4v) is 3.91. The summed E-state index contributed by atoms with van der Waals surface area (Å²) in [6, 6.07) is 12.2. The van der Waals surface area contributed by atoms with Gasteiger partial charge in [0.25, 0.3) is 5.91 Å². The molecule has 0 aliphatic carbocycles. The minimum Gasteiger partial charge on any atom is -0.496 e. The number of hydrogen-bond donors (Lipinski definition) is 2. The van der Waals surface area contributed by atoms with Gasteiger partial charge in [-0.2, -0.15) is 0 Å². The van der Waals surface area contributed by atoms with Crippen LogP contribution in [0.15, 0.2) is 42.5 Å². The number of nitrogens with zero attached hydrogens (tertiary/aromatic N) is 2. The fraction of sp³-hybridized carbons (Fsp3) is 0.375. The molecule has 8 nitrogen and oxygen atoms in total. The van der Waals surface area contributed by atoms with E-state index in [9.17, 15) is 14.4 Å². The third kappa shape index (κ3) is 4.39. The molecule has 2 aromatic rings. The van der Waals surface area contributed by atoms with Crippen molar-refractivity contribution in [3.05, 3.63) is 53.6 Å². The highest BCUT2D eigenvalue weighted by atomic mass is 16.5. The van der Waals surface area contributed by atoms with E-state index in [2.05, 4.69) is 29.4 Å². The average molecular weight is 439 g/mol. The fourth-order valence-electron chi connectivity index (χ4n) is 3.91.